The highest BCUT2D eigenvalue weighted by molar-refractivity contribution is 5.87. The van der Waals surface area contributed by atoms with Crippen molar-refractivity contribution in [2.75, 3.05) is 6.61 Å². The molecule has 0 aliphatic rings. The normalized spacial score (nSPS) is 12.1. The Hall–Kier alpha value is -2.61. The van der Waals surface area contributed by atoms with E-state index in [-0.39, 0.29) is 0 Å². The topological polar surface area (TPSA) is 9.23 Å². The van der Waals surface area contributed by atoms with Crippen molar-refractivity contribution in [3.8, 4) is 16.9 Å². The van der Waals surface area contributed by atoms with Crippen molar-refractivity contribution >= 4 is 10.8 Å². The zero-order valence-electron chi connectivity index (χ0n) is 16.7. The van der Waals surface area contributed by atoms with Gasteiger partial charge < -0.3 is 4.74 Å². The van der Waals surface area contributed by atoms with E-state index < -0.39 is 6.17 Å². The molecule has 0 aliphatic heterocycles. The number of hydrogen-bond acceptors (Lipinski definition) is 1. The van der Waals surface area contributed by atoms with Crippen LogP contribution in [-0.4, -0.2) is 12.8 Å². The maximum absolute atomic E-state index is 12.8. The van der Waals surface area contributed by atoms with Crippen LogP contribution < -0.4 is 4.74 Å². The van der Waals surface area contributed by atoms with Gasteiger partial charge in [0.05, 0.1) is 6.17 Å². The molecule has 0 N–H and O–H groups in total. The Kier molecular flexibility index (Phi) is 7.25. The van der Waals surface area contributed by atoms with Crippen LogP contribution in [-0.2, 0) is 6.42 Å². The number of unbranched alkanes of at least 4 members (excludes halogenated alkanes) is 2. The molecule has 0 amide bonds. The van der Waals surface area contributed by atoms with Gasteiger partial charge in [-0.25, -0.2) is 4.39 Å². The molecule has 0 saturated carbocycles. The van der Waals surface area contributed by atoms with E-state index in [1.165, 1.54) is 27.5 Å². The molecule has 1 unspecified atom stereocenters. The highest BCUT2D eigenvalue weighted by Gasteiger charge is 2.03. The van der Waals surface area contributed by atoms with Gasteiger partial charge in [-0.3, -0.25) is 0 Å². The SMILES string of the molecule is C=CCOc1ccc(-c2ccc3cc(CCCCCC(C)F)ccc3c2)cc1. The number of fused-ring (bicyclic) bond motifs is 1. The molecule has 3 aromatic rings. The zero-order valence-corrected chi connectivity index (χ0v) is 16.7. The molecule has 0 heterocycles. The molecule has 0 spiro atoms. The third-order valence-electron chi connectivity index (χ3n) is 5.03. The van der Waals surface area contributed by atoms with Gasteiger partial charge in [0.1, 0.15) is 12.4 Å². The summed E-state index contributed by atoms with van der Waals surface area (Å²) in [4.78, 5) is 0. The molecule has 0 aliphatic carbocycles. The molecular formula is C26H29FO. The Morgan fingerprint density at radius 1 is 0.893 bits per heavy atom. The number of alkyl halides is 1. The fourth-order valence-electron chi connectivity index (χ4n) is 3.46. The second-order valence-electron chi connectivity index (χ2n) is 7.40. The minimum atomic E-state index is -0.675. The predicted octanol–water partition coefficient (Wildman–Crippen LogP) is 7.53. The summed E-state index contributed by atoms with van der Waals surface area (Å²) in [6.07, 6.45) is 6.01. The van der Waals surface area contributed by atoms with E-state index in [0.29, 0.717) is 13.0 Å². The molecule has 28 heavy (non-hydrogen) atoms. The van der Waals surface area contributed by atoms with Crippen LogP contribution in [0.5, 0.6) is 5.75 Å². The third kappa shape index (κ3) is 5.69. The standard InChI is InChI=1S/C26H29FO/c1-3-17-28-26-15-13-22(14-16-26)24-12-11-23-18-21(9-10-25(23)19-24)8-6-4-5-7-20(2)27/h3,9-16,18-20H,1,4-8,17H2,2H3. The van der Waals surface area contributed by atoms with Crippen LogP contribution in [0.4, 0.5) is 4.39 Å². The maximum Gasteiger partial charge on any atom is 0.119 e. The largest absolute Gasteiger partial charge is 0.490 e. The van der Waals surface area contributed by atoms with Crippen LogP contribution in [0.25, 0.3) is 21.9 Å². The van der Waals surface area contributed by atoms with Crippen molar-refractivity contribution in [2.24, 2.45) is 0 Å². The summed E-state index contributed by atoms with van der Waals surface area (Å²) in [6.45, 7) is 5.83. The summed E-state index contributed by atoms with van der Waals surface area (Å²) in [5.41, 5.74) is 3.74. The van der Waals surface area contributed by atoms with Gasteiger partial charge in [0, 0.05) is 0 Å². The highest BCUT2D eigenvalue weighted by atomic mass is 19.1. The first-order chi connectivity index (χ1) is 13.7. The van der Waals surface area contributed by atoms with Crippen LogP contribution in [0.2, 0.25) is 0 Å². The minimum absolute atomic E-state index is 0.520. The number of halogens is 1. The fourth-order valence-corrected chi connectivity index (χ4v) is 3.46. The molecule has 3 rings (SSSR count). The van der Waals surface area contributed by atoms with Gasteiger partial charge >= 0.3 is 0 Å². The van der Waals surface area contributed by atoms with E-state index in [1.54, 1.807) is 13.0 Å². The van der Waals surface area contributed by atoms with Crippen LogP contribution in [0, 0.1) is 0 Å². The average Bonchev–Trinajstić information content (AvgIpc) is 2.71. The molecule has 146 valence electrons. The van der Waals surface area contributed by atoms with Gasteiger partial charge in [-0.1, -0.05) is 68.0 Å². The number of aryl methyl sites for hydroxylation is 1. The molecule has 3 aromatic carbocycles. The number of ether oxygens (including phenoxy) is 1. The molecule has 0 aromatic heterocycles. The fraction of sp³-hybridized carbons (Fsp3) is 0.308. The molecule has 0 saturated heterocycles. The van der Waals surface area contributed by atoms with Crippen molar-refractivity contribution in [3.63, 3.8) is 0 Å². The zero-order chi connectivity index (χ0) is 19.8. The quantitative estimate of drug-likeness (QED) is 0.262. The van der Waals surface area contributed by atoms with Gasteiger partial charge in [-0.2, -0.15) is 0 Å². The molecule has 2 heteroatoms. The first-order valence-electron chi connectivity index (χ1n) is 10.2. The van der Waals surface area contributed by atoms with Crippen molar-refractivity contribution in [1.29, 1.82) is 0 Å². The van der Waals surface area contributed by atoms with E-state index in [4.69, 9.17) is 4.74 Å². The lowest BCUT2D eigenvalue weighted by Crippen LogP contribution is -1.93. The summed E-state index contributed by atoms with van der Waals surface area (Å²) >= 11 is 0. The molecular weight excluding hydrogens is 347 g/mol. The first kappa shape index (κ1) is 20.1. The Labute approximate surface area is 167 Å². The summed E-state index contributed by atoms with van der Waals surface area (Å²) in [7, 11) is 0. The lowest BCUT2D eigenvalue weighted by atomic mass is 9.98. The van der Waals surface area contributed by atoms with E-state index in [2.05, 4.69) is 55.1 Å². The summed E-state index contributed by atoms with van der Waals surface area (Å²) in [5.74, 6) is 0.857. The van der Waals surface area contributed by atoms with Crippen molar-refractivity contribution in [2.45, 2.75) is 45.2 Å². The summed E-state index contributed by atoms with van der Waals surface area (Å²) in [5, 5.41) is 2.52. The van der Waals surface area contributed by atoms with Crippen molar-refractivity contribution in [1.82, 2.24) is 0 Å². The molecule has 1 atom stereocenters. The first-order valence-corrected chi connectivity index (χ1v) is 10.2. The van der Waals surface area contributed by atoms with Gasteiger partial charge in [-0.15, -0.1) is 0 Å². The van der Waals surface area contributed by atoms with E-state index in [0.717, 1.165) is 31.4 Å². The van der Waals surface area contributed by atoms with Gasteiger partial charge in [0.2, 0.25) is 0 Å². The van der Waals surface area contributed by atoms with Gasteiger partial charge in [0.15, 0.2) is 0 Å². The maximum atomic E-state index is 12.8. The third-order valence-corrected chi connectivity index (χ3v) is 5.03. The van der Waals surface area contributed by atoms with Crippen molar-refractivity contribution in [3.05, 3.63) is 78.9 Å². The van der Waals surface area contributed by atoms with E-state index >= 15 is 0 Å². The Balaban J connectivity index is 1.64. The van der Waals surface area contributed by atoms with Crippen LogP contribution in [0.15, 0.2) is 73.3 Å². The molecule has 0 bridgehead atoms. The van der Waals surface area contributed by atoms with Gasteiger partial charge in [-0.05, 0) is 71.8 Å². The minimum Gasteiger partial charge on any atom is -0.490 e. The average molecular weight is 377 g/mol. The van der Waals surface area contributed by atoms with Crippen LogP contribution in [0.3, 0.4) is 0 Å². The highest BCUT2D eigenvalue weighted by Crippen LogP contribution is 2.27. The second kappa shape index (κ2) is 10.1. The van der Waals surface area contributed by atoms with Crippen molar-refractivity contribution < 1.29 is 9.13 Å². The predicted molar refractivity (Wildman–Crippen MR) is 118 cm³/mol. The van der Waals surface area contributed by atoms with Crippen LogP contribution in [0.1, 0.15) is 38.2 Å². The van der Waals surface area contributed by atoms with E-state index in [1.807, 2.05) is 12.1 Å². The lowest BCUT2D eigenvalue weighted by Gasteiger charge is -2.08. The number of rotatable bonds is 10. The Morgan fingerprint density at radius 3 is 2.36 bits per heavy atom. The molecule has 1 nitrogen and oxygen atoms in total. The van der Waals surface area contributed by atoms with Crippen LogP contribution >= 0.6 is 0 Å². The van der Waals surface area contributed by atoms with E-state index in [9.17, 15) is 4.39 Å². The monoisotopic (exact) mass is 376 g/mol. The smallest absolute Gasteiger partial charge is 0.119 e. The summed E-state index contributed by atoms with van der Waals surface area (Å²) in [6, 6.07) is 21.5. The molecule has 0 radical (unpaired) electrons. The molecule has 0 fully saturated rings. The Morgan fingerprint density at radius 2 is 1.61 bits per heavy atom. The summed E-state index contributed by atoms with van der Waals surface area (Å²) < 4.78 is 18.4. The number of benzene rings is 3. The lowest BCUT2D eigenvalue weighted by molar-refractivity contribution is 0.330. The number of hydrogen-bond donors (Lipinski definition) is 0. The second-order valence-corrected chi connectivity index (χ2v) is 7.40. The van der Waals surface area contributed by atoms with Gasteiger partial charge in [0.25, 0.3) is 0 Å². The Bertz CT molecular complexity index is 896.